The second-order valence-electron chi connectivity index (χ2n) is 12.1. The Labute approximate surface area is 226 Å². The number of nitrogens with zero attached hydrogens (tertiary/aromatic N) is 2. The summed E-state index contributed by atoms with van der Waals surface area (Å²) in [4.78, 5) is 17.3. The Morgan fingerprint density at radius 1 is 1.15 bits per heavy atom. The second kappa shape index (κ2) is 9.37. The molecule has 1 aliphatic heterocycles. The third kappa shape index (κ3) is 4.55. The van der Waals surface area contributed by atoms with Crippen LogP contribution in [0.1, 0.15) is 60.8 Å². The first-order chi connectivity index (χ1) is 18.5. The molecule has 2 aromatic carbocycles. The summed E-state index contributed by atoms with van der Waals surface area (Å²) in [7, 11) is 1.73. The molecule has 0 aromatic heterocycles. The van der Waals surface area contributed by atoms with Crippen LogP contribution in [0.15, 0.2) is 48.5 Å². The van der Waals surface area contributed by atoms with Crippen LogP contribution in [0.3, 0.4) is 0 Å². The maximum absolute atomic E-state index is 13.2. The van der Waals surface area contributed by atoms with Gasteiger partial charge in [0.05, 0.1) is 11.2 Å². The van der Waals surface area contributed by atoms with E-state index in [-0.39, 0.29) is 23.7 Å². The summed E-state index contributed by atoms with van der Waals surface area (Å²) in [5, 5.41) is 22.9. The number of carbonyl (C=O) groups is 1. The molecule has 4 aliphatic rings. The van der Waals surface area contributed by atoms with Gasteiger partial charge in [0, 0.05) is 37.2 Å². The van der Waals surface area contributed by atoms with Gasteiger partial charge in [-0.05, 0) is 104 Å². The standard InChI is InChI=1S/C31H35F3N2O3/c1-35(28(38)10-7-20-3-2-4-23(15-20)31(32,33)34)24-11-12-30(39)27-16-22-8-9-25(37)17-26(22)29(30,18-24)13-14-36(27)19-21-5-6-21/h2-4,7-10,15,17,21,24,27,37,39H,5-6,11-14,16,18-19H2,1H3/t24-,27-,29-,30-/m1/s1. The molecular weight excluding hydrogens is 505 g/mol. The quantitative estimate of drug-likeness (QED) is 0.516. The molecular formula is C31H35F3N2O3. The highest BCUT2D eigenvalue weighted by atomic mass is 19.4. The topological polar surface area (TPSA) is 64.0 Å². The molecule has 39 heavy (non-hydrogen) atoms. The smallest absolute Gasteiger partial charge is 0.416 e. The summed E-state index contributed by atoms with van der Waals surface area (Å²) < 4.78 is 39.3. The number of hydrogen-bond acceptors (Lipinski definition) is 4. The van der Waals surface area contributed by atoms with E-state index in [9.17, 15) is 28.2 Å². The van der Waals surface area contributed by atoms with Gasteiger partial charge in [-0.1, -0.05) is 18.2 Å². The fourth-order valence-corrected chi connectivity index (χ4v) is 7.54. The maximum atomic E-state index is 13.2. The summed E-state index contributed by atoms with van der Waals surface area (Å²) in [6.45, 7) is 1.89. The van der Waals surface area contributed by atoms with Crippen LogP contribution < -0.4 is 0 Å². The Balaban J connectivity index is 1.26. The van der Waals surface area contributed by atoms with Crippen LogP contribution in [0.5, 0.6) is 5.75 Å². The molecule has 5 nitrogen and oxygen atoms in total. The van der Waals surface area contributed by atoms with Gasteiger partial charge >= 0.3 is 6.18 Å². The Kier molecular flexibility index (Phi) is 6.34. The normalized spacial score (nSPS) is 30.6. The van der Waals surface area contributed by atoms with Crippen LogP contribution in [-0.2, 0) is 22.8 Å². The maximum Gasteiger partial charge on any atom is 0.416 e. The number of likely N-dealkylation sites (N-methyl/N-ethyl adjacent to an activating group) is 1. The lowest BCUT2D eigenvalue weighted by Gasteiger charge is -2.65. The van der Waals surface area contributed by atoms with E-state index in [1.807, 2.05) is 12.1 Å². The van der Waals surface area contributed by atoms with E-state index in [4.69, 9.17) is 0 Å². The SMILES string of the molecule is CN(C(=O)C=Cc1cccc(C(F)(F)F)c1)[C@@H]1CC[C@@]2(O)[C@H]3Cc4ccc(O)cc4[C@@]2(CCN3CC2CC2)C1. The molecule has 2 N–H and O–H groups in total. The fraction of sp³-hybridized carbons (Fsp3) is 0.516. The van der Waals surface area contributed by atoms with Crippen LogP contribution >= 0.6 is 0 Å². The minimum atomic E-state index is -4.44. The first-order valence-electron chi connectivity index (χ1n) is 13.9. The molecule has 1 heterocycles. The summed E-state index contributed by atoms with van der Waals surface area (Å²) in [5.74, 6) is 0.611. The van der Waals surface area contributed by atoms with E-state index in [1.54, 1.807) is 24.1 Å². The highest BCUT2D eigenvalue weighted by Crippen LogP contribution is 2.59. The van der Waals surface area contributed by atoms with Crippen molar-refractivity contribution in [3.63, 3.8) is 0 Å². The molecule has 3 fully saturated rings. The molecule has 0 radical (unpaired) electrons. The van der Waals surface area contributed by atoms with E-state index in [2.05, 4.69) is 4.90 Å². The first-order valence-corrected chi connectivity index (χ1v) is 13.9. The van der Waals surface area contributed by atoms with Gasteiger partial charge < -0.3 is 15.1 Å². The minimum Gasteiger partial charge on any atom is -0.508 e. The van der Waals surface area contributed by atoms with Crippen molar-refractivity contribution in [3.05, 3.63) is 70.8 Å². The Morgan fingerprint density at radius 2 is 1.95 bits per heavy atom. The molecule has 0 unspecified atom stereocenters. The summed E-state index contributed by atoms with van der Waals surface area (Å²) in [6, 6.07) is 10.3. The van der Waals surface area contributed by atoms with Crippen LogP contribution in [0, 0.1) is 5.92 Å². The number of phenolic OH excluding ortho intramolecular Hbond substituents is 1. The van der Waals surface area contributed by atoms with Gasteiger partial charge in [-0.3, -0.25) is 9.69 Å². The monoisotopic (exact) mass is 540 g/mol. The molecule has 208 valence electrons. The molecule has 2 aromatic rings. The Hall–Kier alpha value is -2.84. The lowest BCUT2D eigenvalue weighted by molar-refractivity contribution is -0.177. The Bertz CT molecular complexity index is 1310. The zero-order valence-corrected chi connectivity index (χ0v) is 22.1. The number of aromatic hydroxyl groups is 1. The molecule has 0 spiro atoms. The van der Waals surface area contributed by atoms with Gasteiger partial charge in [0.1, 0.15) is 5.75 Å². The van der Waals surface area contributed by atoms with Crippen LogP contribution in [-0.4, -0.2) is 63.7 Å². The molecule has 1 amide bonds. The van der Waals surface area contributed by atoms with E-state index >= 15 is 0 Å². The van der Waals surface area contributed by atoms with Crippen molar-refractivity contribution in [3.8, 4) is 5.75 Å². The summed E-state index contributed by atoms with van der Waals surface area (Å²) >= 11 is 0. The average molecular weight is 541 g/mol. The van der Waals surface area contributed by atoms with Gasteiger partial charge in [0.15, 0.2) is 0 Å². The number of amides is 1. The van der Waals surface area contributed by atoms with E-state index in [0.717, 1.165) is 49.2 Å². The van der Waals surface area contributed by atoms with Crippen molar-refractivity contribution in [2.24, 2.45) is 5.92 Å². The highest BCUT2D eigenvalue weighted by Gasteiger charge is 2.65. The van der Waals surface area contributed by atoms with E-state index in [1.165, 1.54) is 31.1 Å². The summed E-state index contributed by atoms with van der Waals surface area (Å²) in [5.41, 5.74) is 0.185. The number of piperidine rings is 1. The van der Waals surface area contributed by atoms with Crippen molar-refractivity contribution < 1.29 is 28.2 Å². The van der Waals surface area contributed by atoms with Crippen molar-refractivity contribution >= 4 is 12.0 Å². The molecule has 2 saturated carbocycles. The predicted molar refractivity (Wildman–Crippen MR) is 142 cm³/mol. The summed E-state index contributed by atoms with van der Waals surface area (Å²) in [6.07, 6.45) is 4.07. The molecule has 8 heteroatoms. The van der Waals surface area contributed by atoms with Gasteiger partial charge in [-0.15, -0.1) is 0 Å². The highest BCUT2D eigenvalue weighted by molar-refractivity contribution is 5.91. The predicted octanol–water partition coefficient (Wildman–Crippen LogP) is 5.14. The molecule has 6 rings (SSSR count). The van der Waals surface area contributed by atoms with Crippen LogP contribution in [0.2, 0.25) is 0 Å². The number of halogens is 3. The number of hydrogen-bond donors (Lipinski definition) is 2. The van der Waals surface area contributed by atoms with Gasteiger partial charge in [0.2, 0.25) is 5.91 Å². The number of alkyl halides is 3. The number of benzene rings is 2. The largest absolute Gasteiger partial charge is 0.508 e. The van der Waals surface area contributed by atoms with Gasteiger partial charge in [-0.25, -0.2) is 0 Å². The number of fused-ring (bicyclic) bond motifs is 1. The van der Waals surface area contributed by atoms with Crippen molar-refractivity contribution in [1.82, 2.24) is 9.80 Å². The average Bonchev–Trinajstić information content (AvgIpc) is 3.72. The fourth-order valence-electron chi connectivity index (χ4n) is 7.54. The second-order valence-corrected chi connectivity index (χ2v) is 12.1. The van der Waals surface area contributed by atoms with Gasteiger partial charge in [-0.2, -0.15) is 13.2 Å². The van der Waals surface area contributed by atoms with E-state index in [0.29, 0.717) is 30.7 Å². The number of phenols is 1. The third-order valence-electron chi connectivity index (χ3n) is 9.83. The number of aliphatic hydroxyl groups is 1. The first kappa shape index (κ1) is 26.4. The zero-order chi connectivity index (χ0) is 27.6. The van der Waals surface area contributed by atoms with Crippen LogP contribution in [0.25, 0.3) is 6.08 Å². The number of rotatable bonds is 5. The minimum absolute atomic E-state index is 0.00616. The lowest BCUT2D eigenvalue weighted by atomic mass is 9.48. The molecule has 3 aliphatic carbocycles. The van der Waals surface area contributed by atoms with Crippen LogP contribution in [0.4, 0.5) is 13.2 Å². The van der Waals surface area contributed by atoms with Gasteiger partial charge in [0.25, 0.3) is 0 Å². The number of likely N-dealkylation sites (tertiary alicyclic amines) is 1. The van der Waals surface area contributed by atoms with Crippen molar-refractivity contribution in [2.75, 3.05) is 20.1 Å². The zero-order valence-electron chi connectivity index (χ0n) is 22.1. The van der Waals surface area contributed by atoms with Crippen molar-refractivity contribution in [2.45, 2.75) is 74.2 Å². The lowest BCUT2D eigenvalue weighted by Crippen LogP contribution is -2.74. The number of carbonyl (C=O) groups excluding carboxylic acids is 1. The molecule has 1 saturated heterocycles. The van der Waals surface area contributed by atoms with Crippen molar-refractivity contribution in [1.29, 1.82) is 0 Å². The van der Waals surface area contributed by atoms with E-state index < -0.39 is 22.8 Å². The Morgan fingerprint density at radius 3 is 2.69 bits per heavy atom. The molecule has 4 atom stereocenters. The third-order valence-corrected chi connectivity index (χ3v) is 9.83. The molecule has 2 bridgehead atoms.